The van der Waals surface area contributed by atoms with E-state index >= 15 is 0 Å². The zero-order valence-electron chi connectivity index (χ0n) is 20.1. The van der Waals surface area contributed by atoms with Gasteiger partial charge in [0.1, 0.15) is 6.54 Å². The molecule has 0 bridgehead atoms. The van der Waals surface area contributed by atoms with Crippen molar-refractivity contribution in [3.63, 3.8) is 0 Å². The number of carbonyl (C=O) groups is 2. The molecule has 1 saturated heterocycles. The standard InChI is InChI=1S/C16H13ClN2O.C11H16N2O2/c1-19-14-8-7-12(17)9-13(14)16(18-10-15(19)20)11-5-3-2-4-6-11;1-3-10-8(6-15-11(10)14)4-9-5-12-7-13(9)2/h2-9H,10H2,1H3;5,7-8,10H,3-4,6H2,1-2H3/t;8-,10-/m.0/s1. The Bertz CT molecular complexity index is 1240. The number of cyclic esters (lactones) is 1. The normalized spacial score (nSPS) is 19.3. The van der Waals surface area contributed by atoms with Crippen LogP contribution in [0.1, 0.15) is 30.2 Å². The summed E-state index contributed by atoms with van der Waals surface area (Å²) < 4.78 is 7.08. The summed E-state index contributed by atoms with van der Waals surface area (Å²) in [6.45, 7) is 2.74. The maximum atomic E-state index is 12.0. The molecule has 8 heteroatoms. The number of fused-ring (bicyclic) bond motifs is 1. The number of imidazole rings is 1. The van der Waals surface area contributed by atoms with Crippen molar-refractivity contribution in [2.45, 2.75) is 19.8 Å². The van der Waals surface area contributed by atoms with Gasteiger partial charge in [-0.3, -0.25) is 14.6 Å². The van der Waals surface area contributed by atoms with Crippen LogP contribution in [0, 0.1) is 11.8 Å². The summed E-state index contributed by atoms with van der Waals surface area (Å²) in [4.78, 5) is 33.6. The lowest BCUT2D eigenvalue weighted by Crippen LogP contribution is -2.27. The van der Waals surface area contributed by atoms with Crippen molar-refractivity contribution in [2.75, 3.05) is 25.1 Å². The molecular weight excluding hydrogens is 464 g/mol. The third-order valence-electron chi connectivity index (χ3n) is 6.51. The van der Waals surface area contributed by atoms with Crippen molar-refractivity contribution < 1.29 is 14.3 Å². The van der Waals surface area contributed by atoms with Crippen molar-refractivity contribution in [3.8, 4) is 0 Å². The van der Waals surface area contributed by atoms with Gasteiger partial charge in [0, 0.05) is 48.1 Å². The Kier molecular flexibility index (Phi) is 7.66. The summed E-state index contributed by atoms with van der Waals surface area (Å²) in [5.41, 5.74) is 4.67. The van der Waals surface area contributed by atoms with Gasteiger partial charge in [0.2, 0.25) is 5.91 Å². The van der Waals surface area contributed by atoms with E-state index in [2.05, 4.69) is 9.98 Å². The molecule has 1 aromatic heterocycles. The molecule has 2 aliphatic heterocycles. The van der Waals surface area contributed by atoms with E-state index in [1.807, 2.05) is 67.2 Å². The second kappa shape index (κ2) is 10.9. The fraction of sp³-hybridized carbons (Fsp3) is 0.333. The van der Waals surface area contributed by atoms with Gasteiger partial charge in [0.05, 0.1) is 30.3 Å². The number of benzene rings is 2. The average molecular weight is 493 g/mol. The molecule has 182 valence electrons. The van der Waals surface area contributed by atoms with Crippen LogP contribution >= 0.6 is 11.6 Å². The number of benzodiazepines with no additional fused rings is 1. The molecule has 2 aliphatic rings. The van der Waals surface area contributed by atoms with Gasteiger partial charge in [-0.2, -0.15) is 0 Å². The maximum Gasteiger partial charge on any atom is 0.309 e. The second-order valence-corrected chi connectivity index (χ2v) is 9.19. The number of hydrogen-bond donors (Lipinski definition) is 0. The molecule has 1 amide bonds. The Labute approximate surface area is 210 Å². The summed E-state index contributed by atoms with van der Waals surface area (Å²) >= 11 is 6.11. The molecule has 2 aromatic carbocycles. The predicted molar refractivity (Wildman–Crippen MR) is 137 cm³/mol. The van der Waals surface area contributed by atoms with E-state index in [4.69, 9.17) is 16.3 Å². The number of esters is 1. The predicted octanol–water partition coefficient (Wildman–Crippen LogP) is 4.32. The van der Waals surface area contributed by atoms with Gasteiger partial charge in [0.25, 0.3) is 0 Å². The maximum absolute atomic E-state index is 12.0. The van der Waals surface area contributed by atoms with E-state index in [0.29, 0.717) is 17.5 Å². The van der Waals surface area contributed by atoms with Gasteiger partial charge in [0.15, 0.2) is 0 Å². The molecule has 0 spiro atoms. The van der Waals surface area contributed by atoms with E-state index in [-0.39, 0.29) is 24.3 Å². The van der Waals surface area contributed by atoms with Gasteiger partial charge in [-0.25, -0.2) is 4.98 Å². The van der Waals surface area contributed by atoms with Crippen LogP contribution < -0.4 is 4.90 Å². The topological polar surface area (TPSA) is 76.8 Å². The van der Waals surface area contributed by atoms with Crippen molar-refractivity contribution in [3.05, 3.63) is 82.9 Å². The molecule has 3 aromatic rings. The van der Waals surface area contributed by atoms with Crippen LogP contribution in [-0.2, 0) is 27.8 Å². The average Bonchev–Trinajstić information content (AvgIpc) is 3.40. The van der Waals surface area contributed by atoms with Crippen LogP contribution in [0.25, 0.3) is 0 Å². The van der Waals surface area contributed by atoms with Gasteiger partial charge in [-0.15, -0.1) is 0 Å². The Morgan fingerprint density at radius 1 is 1.11 bits per heavy atom. The van der Waals surface area contributed by atoms with E-state index in [1.165, 1.54) is 0 Å². The summed E-state index contributed by atoms with van der Waals surface area (Å²) in [6, 6.07) is 15.3. The van der Waals surface area contributed by atoms with Gasteiger partial charge in [-0.1, -0.05) is 48.9 Å². The van der Waals surface area contributed by atoms with Crippen LogP contribution in [0.3, 0.4) is 0 Å². The highest BCUT2D eigenvalue weighted by Gasteiger charge is 2.35. The molecule has 0 saturated carbocycles. The lowest BCUT2D eigenvalue weighted by atomic mass is 9.89. The highest BCUT2D eigenvalue weighted by Crippen LogP contribution is 2.29. The number of halogens is 1. The Balaban J connectivity index is 0.000000172. The van der Waals surface area contributed by atoms with Gasteiger partial charge >= 0.3 is 5.97 Å². The highest BCUT2D eigenvalue weighted by atomic mass is 35.5. The summed E-state index contributed by atoms with van der Waals surface area (Å²) in [6.07, 6.45) is 5.38. The van der Waals surface area contributed by atoms with E-state index < -0.39 is 0 Å². The minimum Gasteiger partial charge on any atom is -0.465 e. The number of aromatic nitrogens is 2. The fourth-order valence-corrected chi connectivity index (χ4v) is 4.63. The zero-order valence-corrected chi connectivity index (χ0v) is 20.9. The molecular formula is C27H29ClN4O3. The quantitative estimate of drug-likeness (QED) is 0.508. The smallest absolute Gasteiger partial charge is 0.309 e. The number of aryl methyl sites for hydroxylation is 1. The van der Waals surface area contributed by atoms with Crippen LogP contribution in [0.4, 0.5) is 5.69 Å². The molecule has 2 atom stereocenters. The first kappa shape index (κ1) is 24.7. The number of anilines is 1. The molecule has 0 radical (unpaired) electrons. The lowest BCUT2D eigenvalue weighted by molar-refractivity contribution is -0.141. The molecule has 3 heterocycles. The van der Waals surface area contributed by atoms with Crippen molar-refractivity contribution in [1.82, 2.24) is 9.55 Å². The summed E-state index contributed by atoms with van der Waals surface area (Å²) in [7, 11) is 3.74. The van der Waals surface area contributed by atoms with E-state index in [9.17, 15) is 9.59 Å². The molecule has 0 unspecified atom stereocenters. The SMILES string of the molecule is CC[C@@H]1C(=O)OC[C@@H]1Cc1cncn1C.CN1C(=O)CN=C(c2ccccc2)c2cc(Cl)ccc21. The fourth-order valence-electron chi connectivity index (χ4n) is 4.46. The van der Waals surface area contributed by atoms with Crippen LogP contribution in [0.2, 0.25) is 5.02 Å². The minimum absolute atomic E-state index is 0.0282. The minimum atomic E-state index is -0.0373. The molecule has 0 aliphatic carbocycles. The van der Waals surface area contributed by atoms with Gasteiger partial charge in [-0.05, 0) is 31.0 Å². The first-order valence-electron chi connectivity index (χ1n) is 11.7. The monoisotopic (exact) mass is 492 g/mol. The number of ether oxygens (including phenoxy) is 1. The van der Waals surface area contributed by atoms with Crippen molar-refractivity contribution >= 4 is 34.9 Å². The first-order chi connectivity index (χ1) is 16.9. The molecule has 7 nitrogen and oxygen atoms in total. The first-order valence-corrected chi connectivity index (χ1v) is 12.0. The zero-order chi connectivity index (χ0) is 24.9. The Morgan fingerprint density at radius 3 is 2.57 bits per heavy atom. The van der Waals surface area contributed by atoms with Crippen LogP contribution in [0.5, 0.6) is 0 Å². The summed E-state index contributed by atoms with van der Waals surface area (Å²) in [5, 5.41) is 0.634. The highest BCUT2D eigenvalue weighted by molar-refractivity contribution is 6.32. The number of aliphatic imine (C=N–C) groups is 1. The molecule has 5 rings (SSSR count). The number of rotatable bonds is 4. The summed E-state index contributed by atoms with van der Waals surface area (Å²) in [5.74, 6) is 0.321. The van der Waals surface area contributed by atoms with Crippen molar-refractivity contribution in [2.24, 2.45) is 23.9 Å². The lowest BCUT2D eigenvalue weighted by Gasteiger charge is -2.18. The Morgan fingerprint density at radius 2 is 1.89 bits per heavy atom. The Hall–Kier alpha value is -3.45. The molecule has 1 fully saturated rings. The van der Waals surface area contributed by atoms with Gasteiger partial charge < -0.3 is 14.2 Å². The van der Waals surface area contributed by atoms with E-state index in [1.54, 1.807) is 24.3 Å². The molecule has 35 heavy (non-hydrogen) atoms. The van der Waals surface area contributed by atoms with E-state index in [0.717, 1.165) is 41.1 Å². The van der Waals surface area contributed by atoms with Crippen LogP contribution in [-0.4, -0.2) is 47.3 Å². The third-order valence-corrected chi connectivity index (χ3v) is 6.74. The number of nitrogens with zero attached hydrogens (tertiary/aromatic N) is 4. The number of hydrogen-bond acceptors (Lipinski definition) is 5. The number of amides is 1. The molecule has 0 N–H and O–H groups in total. The largest absolute Gasteiger partial charge is 0.465 e. The second-order valence-electron chi connectivity index (χ2n) is 8.75. The number of carbonyl (C=O) groups excluding carboxylic acids is 2. The van der Waals surface area contributed by atoms with Crippen LogP contribution in [0.15, 0.2) is 66.0 Å². The third kappa shape index (κ3) is 5.46. The number of likely N-dealkylation sites (N-methyl/N-ethyl adjacent to an activating group) is 1. The van der Waals surface area contributed by atoms with Crippen molar-refractivity contribution in [1.29, 1.82) is 0 Å².